The number of ether oxygens (including phenoxy) is 1. The summed E-state index contributed by atoms with van der Waals surface area (Å²) in [6.07, 6.45) is 0.489. The number of benzene rings is 1. The Kier molecular flexibility index (Phi) is 4.47. The molecule has 1 atom stereocenters. The molecule has 0 saturated heterocycles. The molecule has 1 aromatic carbocycles. The number of hydrogen-bond donors (Lipinski definition) is 2. The Bertz CT molecular complexity index is 823. The molecular formula is C16H15ClFN3O2S. The van der Waals surface area contributed by atoms with Gasteiger partial charge in [0.1, 0.15) is 5.82 Å². The van der Waals surface area contributed by atoms with Crippen molar-refractivity contribution in [1.29, 1.82) is 0 Å². The maximum atomic E-state index is 14.3. The molecule has 1 aliphatic heterocycles. The number of amidine groups is 1. The van der Waals surface area contributed by atoms with Crippen LogP contribution < -0.4 is 11.1 Å². The summed E-state index contributed by atoms with van der Waals surface area (Å²) >= 11 is 7.01. The summed E-state index contributed by atoms with van der Waals surface area (Å²) in [7, 11) is 0. The Morgan fingerprint density at radius 2 is 2.25 bits per heavy atom. The zero-order valence-corrected chi connectivity index (χ0v) is 14.4. The van der Waals surface area contributed by atoms with E-state index >= 15 is 0 Å². The molecule has 1 aliphatic rings. The van der Waals surface area contributed by atoms with Crippen LogP contribution in [0.15, 0.2) is 35.3 Å². The monoisotopic (exact) mass is 367 g/mol. The highest BCUT2D eigenvalue weighted by atomic mass is 35.5. The van der Waals surface area contributed by atoms with Crippen molar-refractivity contribution in [3.63, 3.8) is 0 Å². The maximum absolute atomic E-state index is 14.3. The Hall–Kier alpha value is -2.12. The van der Waals surface area contributed by atoms with E-state index in [1.807, 2.05) is 0 Å². The number of carbonyl (C=O) groups excluding carboxylic acids is 1. The van der Waals surface area contributed by atoms with Crippen LogP contribution in [-0.2, 0) is 10.3 Å². The van der Waals surface area contributed by atoms with E-state index in [1.165, 1.54) is 23.5 Å². The van der Waals surface area contributed by atoms with E-state index in [-0.39, 0.29) is 11.9 Å². The largest absolute Gasteiger partial charge is 0.465 e. The van der Waals surface area contributed by atoms with Gasteiger partial charge < -0.3 is 15.8 Å². The van der Waals surface area contributed by atoms with Gasteiger partial charge in [0.2, 0.25) is 0 Å². The molecule has 1 aromatic heterocycles. The van der Waals surface area contributed by atoms with Crippen LogP contribution in [0.4, 0.5) is 10.1 Å². The van der Waals surface area contributed by atoms with E-state index in [1.54, 1.807) is 25.1 Å². The molecular weight excluding hydrogens is 353 g/mol. The van der Waals surface area contributed by atoms with E-state index in [0.29, 0.717) is 33.5 Å². The van der Waals surface area contributed by atoms with Gasteiger partial charge >= 0.3 is 0 Å². The molecule has 2 aromatic rings. The van der Waals surface area contributed by atoms with Crippen LogP contribution in [-0.4, -0.2) is 18.5 Å². The lowest BCUT2D eigenvalue weighted by atomic mass is 9.88. The third-order valence-corrected chi connectivity index (χ3v) is 5.03. The average Bonchev–Trinajstić information content (AvgIpc) is 2.95. The van der Waals surface area contributed by atoms with Crippen molar-refractivity contribution in [3.05, 3.63) is 50.9 Å². The normalized spacial score (nSPS) is 20.2. The average molecular weight is 368 g/mol. The number of aliphatic imine (C=N–C) groups is 1. The van der Waals surface area contributed by atoms with Crippen LogP contribution in [0.5, 0.6) is 0 Å². The summed E-state index contributed by atoms with van der Waals surface area (Å²) < 4.78 is 20.0. The van der Waals surface area contributed by atoms with Crippen LogP contribution in [0.25, 0.3) is 0 Å². The van der Waals surface area contributed by atoms with E-state index in [9.17, 15) is 9.18 Å². The number of amides is 1. The third-order valence-electron chi connectivity index (χ3n) is 3.80. The Morgan fingerprint density at radius 1 is 1.46 bits per heavy atom. The molecule has 24 heavy (non-hydrogen) atoms. The predicted octanol–water partition coefficient (Wildman–Crippen LogP) is 3.74. The van der Waals surface area contributed by atoms with Gasteiger partial charge in [-0.25, -0.2) is 9.38 Å². The number of anilines is 1. The first-order chi connectivity index (χ1) is 11.4. The highest BCUT2D eigenvalue weighted by Gasteiger charge is 2.33. The highest BCUT2D eigenvalue weighted by molar-refractivity contribution is 7.18. The first-order valence-electron chi connectivity index (χ1n) is 7.22. The smallest absolute Gasteiger partial charge is 0.282 e. The summed E-state index contributed by atoms with van der Waals surface area (Å²) in [5.74, 6) is -0.710. The Morgan fingerprint density at radius 3 is 2.92 bits per heavy atom. The van der Waals surface area contributed by atoms with Crippen molar-refractivity contribution in [2.24, 2.45) is 10.7 Å². The van der Waals surface area contributed by atoms with E-state index in [0.717, 1.165) is 0 Å². The van der Waals surface area contributed by atoms with E-state index < -0.39 is 11.4 Å². The minimum atomic E-state index is -0.834. The number of hydrogen-bond acceptors (Lipinski definition) is 5. The molecule has 3 N–H and O–H groups in total. The maximum Gasteiger partial charge on any atom is 0.282 e. The molecule has 0 spiro atoms. The van der Waals surface area contributed by atoms with Crippen molar-refractivity contribution in [2.75, 3.05) is 11.9 Å². The Labute approximate surface area is 147 Å². The molecule has 1 amide bonds. The number of nitrogens with one attached hydrogen (secondary N) is 1. The van der Waals surface area contributed by atoms with Gasteiger partial charge in [-0.15, -0.1) is 11.3 Å². The fourth-order valence-corrected chi connectivity index (χ4v) is 3.46. The van der Waals surface area contributed by atoms with Gasteiger partial charge in [-0.2, -0.15) is 0 Å². The fraction of sp³-hybridized carbons (Fsp3) is 0.250. The lowest BCUT2D eigenvalue weighted by Gasteiger charge is -2.30. The van der Waals surface area contributed by atoms with Crippen molar-refractivity contribution in [3.8, 4) is 0 Å². The summed E-state index contributed by atoms with van der Waals surface area (Å²) in [4.78, 5) is 16.9. The second kappa shape index (κ2) is 6.41. The van der Waals surface area contributed by atoms with Gasteiger partial charge in [0.05, 0.1) is 21.4 Å². The number of rotatable bonds is 3. The summed E-state index contributed by atoms with van der Waals surface area (Å²) in [5.41, 5.74) is 5.62. The zero-order valence-electron chi connectivity index (χ0n) is 12.8. The van der Waals surface area contributed by atoms with Crippen LogP contribution in [0.3, 0.4) is 0 Å². The Balaban J connectivity index is 1.89. The molecule has 3 rings (SSSR count). The SMILES string of the molecule is C[C@@]1(c2cc(NC(=O)c3ccc(Cl)s3)ccc2F)CCOC(N)=N1. The molecule has 0 bridgehead atoms. The van der Waals surface area contributed by atoms with Gasteiger partial charge in [0, 0.05) is 17.7 Å². The second-order valence-corrected chi connectivity index (χ2v) is 7.29. The van der Waals surface area contributed by atoms with Crippen LogP contribution >= 0.6 is 22.9 Å². The third kappa shape index (κ3) is 3.37. The molecule has 0 fully saturated rings. The summed E-state index contributed by atoms with van der Waals surface area (Å²) in [6.45, 7) is 2.14. The number of halogens is 2. The molecule has 0 radical (unpaired) electrons. The highest BCUT2D eigenvalue weighted by Crippen LogP contribution is 2.35. The van der Waals surface area contributed by atoms with Gasteiger partial charge in [0.25, 0.3) is 11.9 Å². The summed E-state index contributed by atoms with van der Waals surface area (Å²) in [5, 5.41) is 2.74. The fourth-order valence-electron chi connectivity index (χ4n) is 2.53. The quantitative estimate of drug-likeness (QED) is 0.867. The van der Waals surface area contributed by atoms with E-state index in [2.05, 4.69) is 10.3 Å². The zero-order chi connectivity index (χ0) is 17.3. The standard InChI is InChI=1S/C16H15ClFN3O2S/c1-16(6-7-23-15(19)21-16)10-8-9(2-3-11(10)18)20-14(22)12-4-5-13(17)24-12/h2-5,8H,6-7H2,1H3,(H2,19,21)(H,20,22)/t16-/m0/s1. The minimum Gasteiger partial charge on any atom is -0.465 e. The lowest BCUT2D eigenvalue weighted by Crippen LogP contribution is -2.34. The van der Waals surface area contributed by atoms with Crippen molar-refractivity contribution < 1.29 is 13.9 Å². The van der Waals surface area contributed by atoms with Crippen LogP contribution in [0, 0.1) is 5.82 Å². The molecule has 0 saturated carbocycles. The molecule has 8 heteroatoms. The molecule has 126 valence electrons. The van der Waals surface area contributed by atoms with Crippen molar-refractivity contribution in [2.45, 2.75) is 18.9 Å². The van der Waals surface area contributed by atoms with Gasteiger partial charge in [-0.3, -0.25) is 4.79 Å². The minimum absolute atomic E-state index is 0.0332. The van der Waals surface area contributed by atoms with Crippen LogP contribution in [0.1, 0.15) is 28.6 Å². The van der Waals surface area contributed by atoms with Crippen molar-refractivity contribution in [1.82, 2.24) is 0 Å². The molecule has 2 heterocycles. The molecule has 0 unspecified atom stereocenters. The van der Waals surface area contributed by atoms with Gasteiger partial charge in [-0.1, -0.05) is 11.6 Å². The number of thiophene rings is 1. The lowest BCUT2D eigenvalue weighted by molar-refractivity contribution is 0.103. The second-order valence-electron chi connectivity index (χ2n) is 5.57. The number of nitrogens with zero attached hydrogens (tertiary/aromatic N) is 1. The first-order valence-corrected chi connectivity index (χ1v) is 8.42. The topological polar surface area (TPSA) is 76.7 Å². The van der Waals surface area contributed by atoms with Crippen molar-refractivity contribution >= 4 is 40.6 Å². The number of nitrogens with two attached hydrogens (primary N) is 1. The van der Waals surface area contributed by atoms with E-state index in [4.69, 9.17) is 22.1 Å². The predicted molar refractivity (Wildman–Crippen MR) is 93.2 cm³/mol. The first kappa shape index (κ1) is 16.7. The van der Waals surface area contributed by atoms with Gasteiger partial charge in [0.15, 0.2) is 0 Å². The van der Waals surface area contributed by atoms with Gasteiger partial charge in [-0.05, 0) is 37.3 Å². The molecule has 0 aliphatic carbocycles. The van der Waals surface area contributed by atoms with Crippen LogP contribution in [0.2, 0.25) is 4.34 Å². The summed E-state index contributed by atoms with van der Waals surface area (Å²) in [6, 6.07) is 7.70. The number of carbonyl (C=O) groups is 1. The molecule has 5 nitrogen and oxygen atoms in total.